The molecule has 0 spiro atoms. The topological polar surface area (TPSA) is 0 Å². The summed E-state index contributed by atoms with van der Waals surface area (Å²) in [6.45, 7) is 11.0. The van der Waals surface area contributed by atoms with E-state index in [-0.39, 0.29) is 0 Å². The van der Waals surface area contributed by atoms with Gasteiger partial charge in [0, 0.05) is 0 Å². The molecule has 0 aliphatic carbocycles. The van der Waals surface area contributed by atoms with Gasteiger partial charge in [0.25, 0.3) is 0 Å². The van der Waals surface area contributed by atoms with Crippen LogP contribution < -0.4 is 0 Å². The Balaban J connectivity index is 3.17. The maximum absolute atomic E-state index is 3.70. The van der Waals surface area contributed by atoms with Gasteiger partial charge in [-0.1, -0.05) is 25.7 Å². The zero-order valence-corrected chi connectivity index (χ0v) is 8.70. The lowest BCUT2D eigenvalue weighted by Crippen LogP contribution is -2.11. The summed E-state index contributed by atoms with van der Waals surface area (Å²) in [5, 5.41) is 0. The average molecular weight is 160 g/mol. The van der Waals surface area contributed by atoms with Gasteiger partial charge in [0.1, 0.15) is 0 Å². The molecule has 0 aliphatic rings. The molecule has 0 nitrogen and oxygen atoms in total. The number of hydrogen-bond acceptors (Lipinski definition) is 0. The van der Waals surface area contributed by atoms with Crippen molar-refractivity contribution in [3.05, 3.63) is 12.7 Å². The molecule has 1 unspecified atom stereocenters. The quantitative estimate of drug-likeness (QED) is 0.256. The SMILES string of the molecule is C=CCCP[Si](C)(C)C. The van der Waals surface area contributed by atoms with E-state index in [0.717, 1.165) is 0 Å². The Kier molecular flexibility index (Phi) is 4.42. The van der Waals surface area contributed by atoms with Gasteiger partial charge in [-0.15, -0.1) is 14.7 Å². The summed E-state index contributed by atoms with van der Waals surface area (Å²) in [5.41, 5.74) is 0. The van der Waals surface area contributed by atoms with Gasteiger partial charge in [-0.25, -0.2) is 0 Å². The van der Waals surface area contributed by atoms with E-state index in [4.69, 9.17) is 0 Å². The second kappa shape index (κ2) is 4.24. The molecule has 0 aromatic heterocycles. The summed E-state index contributed by atoms with van der Waals surface area (Å²) in [7, 11) is 0.502. The number of rotatable bonds is 4. The van der Waals surface area contributed by atoms with Gasteiger partial charge >= 0.3 is 0 Å². The van der Waals surface area contributed by atoms with E-state index in [1.807, 2.05) is 6.08 Å². The fraction of sp³-hybridized carbons (Fsp3) is 0.714. The Morgan fingerprint density at radius 2 is 2.00 bits per heavy atom. The molecular formula is C7H17PSi. The van der Waals surface area contributed by atoms with Gasteiger partial charge in [-0.3, -0.25) is 0 Å². The Hall–Kier alpha value is 0.387. The van der Waals surface area contributed by atoms with Crippen LogP contribution in [0.15, 0.2) is 12.7 Å². The van der Waals surface area contributed by atoms with E-state index in [1.165, 1.54) is 20.7 Å². The van der Waals surface area contributed by atoms with Crippen molar-refractivity contribution in [2.24, 2.45) is 0 Å². The predicted molar refractivity (Wildman–Crippen MR) is 51.3 cm³/mol. The molecule has 54 valence electrons. The van der Waals surface area contributed by atoms with Crippen LogP contribution in [0.5, 0.6) is 0 Å². The average Bonchev–Trinajstić information content (AvgIpc) is 1.63. The van der Waals surface area contributed by atoms with Gasteiger partial charge in [0.05, 0.1) is 7.74 Å². The maximum Gasteiger partial charge on any atom is 0.0685 e. The zero-order valence-electron chi connectivity index (χ0n) is 6.70. The minimum atomic E-state index is -0.714. The lowest BCUT2D eigenvalue weighted by Gasteiger charge is -2.14. The molecule has 0 fully saturated rings. The van der Waals surface area contributed by atoms with Crippen molar-refractivity contribution in [3.63, 3.8) is 0 Å². The van der Waals surface area contributed by atoms with Crippen LogP contribution in [0.3, 0.4) is 0 Å². The van der Waals surface area contributed by atoms with Crippen LogP contribution in [0.4, 0.5) is 0 Å². The van der Waals surface area contributed by atoms with Crippen LogP contribution in [0.1, 0.15) is 6.42 Å². The molecule has 0 saturated heterocycles. The third-order valence-electron chi connectivity index (χ3n) is 1.00. The van der Waals surface area contributed by atoms with Gasteiger partial charge in [0.2, 0.25) is 0 Å². The molecule has 0 bridgehead atoms. The molecule has 0 aromatic rings. The molecule has 0 aromatic carbocycles. The summed E-state index contributed by atoms with van der Waals surface area (Å²) in [4.78, 5) is 0. The summed E-state index contributed by atoms with van der Waals surface area (Å²) in [6.07, 6.45) is 4.61. The van der Waals surface area contributed by atoms with E-state index in [0.29, 0.717) is 0 Å². The first kappa shape index (κ1) is 9.39. The Bertz CT molecular complexity index is 83.4. The normalized spacial score (nSPS) is 12.8. The van der Waals surface area contributed by atoms with Crippen molar-refractivity contribution in [3.8, 4) is 0 Å². The van der Waals surface area contributed by atoms with E-state index in [2.05, 4.69) is 26.2 Å². The van der Waals surface area contributed by atoms with Crippen LogP contribution in [-0.4, -0.2) is 13.9 Å². The largest absolute Gasteiger partial charge is 0.133 e. The van der Waals surface area contributed by atoms with E-state index >= 15 is 0 Å². The molecule has 2 heteroatoms. The third-order valence-corrected chi connectivity index (χ3v) is 6.54. The van der Waals surface area contributed by atoms with Gasteiger partial charge in [-0.2, -0.15) is 0 Å². The minimum absolute atomic E-state index is 0.714. The van der Waals surface area contributed by atoms with Crippen LogP contribution in [0, 0.1) is 0 Å². The zero-order chi connectivity index (χ0) is 7.33. The van der Waals surface area contributed by atoms with Crippen LogP contribution in [0.25, 0.3) is 0 Å². The summed E-state index contributed by atoms with van der Waals surface area (Å²) in [6, 6.07) is 0. The van der Waals surface area contributed by atoms with Gasteiger partial charge < -0.3 is 0 Å². The van der Waals surface area contributed by atoms with Crippen molar-refractivity contribution in [1.29, 1.82) is 0 Å². The van der Waals surface area contributed by atoms with Crippen LogP contribution in [0.2, 0.25) is 19.6 Å². The second-order valence-electron chi connectivity index (χ2n) is 3.25. The molecule has 0 amide bonds. The lowest BCUT2D eigenvalue weighted by molar-refractivity contribution is 1.25. The van der Waals surface area contributed by atoms with Crippen LogP contribution >= 0.6 is 8.13 Å². The monoisotopic (exact) mass is 160 g/mol. The Labute approximate surface area is 61.4 Å². The fourth-order valence-corrected chi connectivity index (χ4v) is 4.33. The number of allylic oxidation sites excluding steroid dienone is 1. The van der Waals surface area contributed by atoms with Crippen molar-refractivity contribution < 1.29 is 0 Å². The Morgan fingerprint density at radius 1 is 1.44 bits per heavy atom. The van der Waals surface area contributed by atoms with Crippen LogP contribution in [-0.2, 0) is 0 Å². The standard InChI is InChI=1S/C7H17PSi/c1-5-6-7-8-9(2,3)4/h5,8H,1,6-7H2,2-4H3. The fourth-order valence-electron chi connectivity index (χ4n) is 0.549. The highest BCUT2D eigenvalue weighted by Crippen LogP contribution is 2.26. The summed E-state index contributed by atoms with van der Waals surface area (Å²) in [5.74, 6) is 0. The van der Waals surface area contributed by atoms with Gasteiger partial charge in [-0.05, 0) is 12.6 Å². The summed E-state index contributed by atoms with van der Waals surface area (Å²) < 4.78 is 0. The predicted octanol–water partition coefficient (Wildman–Crippen LogP) is 3.08. The molecule has 0 heterocycles. The molecule has 0 radical (unpaired) electrons. The second-order valence-corrected chi connectivity index (χ2v) is 14.2. The van der Waals surface area contributed by atoms with Crippen molar-refractivity contribution in [1.82, 2.24) is 0 Å². The molecule has 0 saturated carbocycles. The van der Waals surface area contributed by atoms with Gasteiger partial charge in [0.15, 0.2) is 0 Å². The minimum Gasteiger partial charge on any atom is -0.133 e. The highest BCUT2D eigenvalue weighted by Gasteiger charge is 2.10. The highest BCUT2D eigenvalue weighted by molar-refractivity contribution is 7.81. The first-order chi connectivity index (χ1) is 4.06. The molecule has 0 aliphatic heterocycles. The Morgan fingerprint density at radius 3 is 2.33 bits per heavy atom. The lowest BCUT2D eigenvalue weighted by atomic mass is 10.5. The van der Waals surface area contributed by atoms with Crippen molar-refractivity contribution in [2.75, 3.05) is 6.16 Å². The van der Waals surface area contributed by atoms with E-state index < -0.39 is 7.74 Å². The highest BCUT2D eigenvalue weighted by atomic mass is 31.3. The first-order valence-corrected chi connectivity index (χ1v) is 9.13. The molecule has 1 atom stereocenters. The van der Waals surface area contributed by atoms with Crippen molar-refractivity contribution >= 4 is 15.9 Å². The molecule has 9 heavy (non-hydrogen) atoms. The van der Waals surface area contributed by atoms with Crippen molar-refractivity contribution in [2.45, 2.75) is 26.1 Å². The number of hydrogen-bond donors (Lipinski definition) is 0. The first-order valence-electron chi connectivity index (χ1n) is 3.42. The van der Waals surface area contributed by atoms with E-state index in [1.54, 1.807) is 0 Å². The molecular weight excluding hydrogens is 143 g/mol. The maximum atomic E-state index is 3.70. The van der Waals surface area contributed by atoms with E-state index in [9.17, 15) is 0 Å². The molecule has 0 rings (SSSR count). The molecule has 0 N–H and O–H groups in total. The third kappa shape index (κ3) is 8.39. The smallest absolute Gasteiger partial charge is 0.0685 e. The summed E-state index contributed by atoms with van der Waals surface area (Å²) >= 11 is 0.